The first-order valence-corrected chi connectivity index (χ1v) is 5.79. The van der Waals surface area contributed by atoms with E-state index in [1.54, 1.807) is 19.4 Å². The number of hydrogen-bond donors (Lipinski definition) is 1. The Morgan fingerprint density at radius 1 is 1.33 bits per heavy atom. The summed E-state index contributed by atoms with van der Waals surface area (Å²) >= 11 is 0. The lowest BCUT2D eigenvalue weighted by Crippen LogP contribution is -2.05. The Morgan fingerprint density at radius 2 is 2.17 bits per heavy atom. The van der Waals surface area contributed by atoms with E-state index in [9.17, 15) is 5.11 Å². The number of benzene rings is 1. The molecule has 0 saturated carbocycles. The smallest absolute Gasteiger partial charge is 0.125 e. The molecule has 0 radical (unpaired) electrons. The van der Waals surface area contributed by atoms with Crippen LogP contribution in [0.15, 0.2) is 36.5 Å². The Kier molecular flexibility index (Phi) is 3.89. The standard InChI is InChI=1S/C14H16N2O2/c1-10-15-7-6-13(16-10)14(17)9-11-4-3-5-12(8-11)18-2/h3-8,14,17H,9H2,1-2H3. The molecule has 4 nitrogen and oxygen atoms in total. The highest BCUT2D eigenvalue weighted by Gasteiger charge is 2.10. The molecule has 2 rings (SSSR count). The summed E-state index contributed by atoms with van der Waals surface area (Å²) in [6.07, 6.45) is 1.54. The maximum Gasteiger partial charge on any atom is 0.125 e. The Balaban J connectivity index is 2.13. The van der Waals surface area contributed by atoms with Crippen LogP contribution in [0.25, 0.3) is 0 Å². The van der Waals surface area contributed by atoms with Gasteiger partial charge in [-0.3, -0.25) is 0 Å². The summed E-state index contributed by atoms with van der Waals surface area (Å²) in [5.74, 6) is 1.45. The lowest BCUT2D eigenvalue weighted by molar-refractivity contribution is 0.173. The van der Waals surface area contributed by atoms with Crippen molar-refractivity contribution in [2.24, 2.45) is 0 Å². The normalized spacial score (nSPS) is 12.2. The second-order valence-electron chi connectivity index (χ2n) is 4.10. The minimum Gasteiger partial charge on any atom is -0.497 e. The summed E-state index contributed by atoms with van der Waals surface area (Å²) in [6, 6.07) is 9.39. The summed E-state index contributed by atoms with van der Waals surface area (Å²) < 4.78 is 5.15. The number of aryl methyl sites for hydroxylation is 1. The highest BCUT2D eigenvalue weighted by Crippen LogP contribution is 2.19. The van der Waals surface area contributed by atoms with E-state index in [0.717, 1.165) is 11.3 Å². The van der Waals surface area contributed by atoms with Gasteiger partial charge in [0.2, 0.25) is 0 Å². The quantitative estimate of drug-likeness (QED) is 0.894. The molecule has 1 atom stereocenters. The van der Waals surface area contributed by atoms with Crippen LogP contribution in [0.5, 0.6) is 5.75 Å². The number of rotatable bonds is 4. The van der Waals surface area contributed by atoms with Gasteiger partial charge in [-0.25, -0.2) is 9.97 Å². The first-order chi connectivity index (χ1) is 8.69. The van der Waals surface area contributed by atoms with E-state index < -0.39 is 6.10 Å². The predicted molar refractivity (Wildman–Crippen MR) is 68.4 cm³/mol. The largest absolute Gasteiger partial charge is 0.497 e. The van der Waals surface area contributed by atoms with Crippen molar-refractivity contribution < 1.29 is 9.84 Å². The molecule has 1 unspecified atom stereocenters. The molecular formula is C14H16N2O2. The topological polar surface area (TPSA) is 55.2 Å². The fourth-order valence-electron chi connectivity index (χ4n) is 1.79. The molecular weight excluding hydrogens is 228 g/mol. The van der Waals surface area contributed by atoms with Crippen LogP contribution in [-0.2, 0) is 6.42 Å². The van der Waals surface area contributed by atoms with Gasteiger partial charge in [0.25, 0.3) is 0 Å². The van der Waals surface area contributed by atoms with E-state index in [1.807, 2.05) is 31.2 Å². The van der Waals surface area contributed by atoms with Gasteiger partial charge < -0.3 is 9.84 Å². The molecule has 1 aromatic carbocycles. The van der Waals surface area contributed by atoms with Crippen LogP contribution in [0.4, 0.5) is 0 Å². The zero-order valence-corrected chi connectivity index (χ0v) is 10.5. The van der Waals surface area contributed by atoms with Crippen LogP contribution in [0.2, 0.25) is 0 Å². The molecule has 0 saturated heterocycles. The molecule has 0 fully saturated rings. The van der Waals surface area contributed by atoms with Gasteiger partial charge in [0, 0.05) is 12.6 Å². The van der Waals surface area contributed by atoms with E-state index in [0.29, 0.717) is 17.9 Å². The maximum atomic E-state index is 10.1. The summed E-state index contributed by atoms with van der Waals surface area (Å²) in [6.45, 7) is 1.81. The highest BCUT2D eigenvalue weighted by molar-refractivity contribution is 5.29. The van der Waals surface area contributed by atoms with Crippen LogP contribution < -0.4 is 4.74 Å². The minimum absolute atomic E-state index is 0.508. The Labute approximate surface area is 106 Å². The Morgan fingerprint density at radius 3 is 2.89 bits per heavy atom. The molecule has 1 aromatic heterocycles. The molecule has 0 aliphatic carbocycles. The molecule has 4 heteroatoms. The van der Waals surface area contributed by atoms with E-state index >= 15 is 0 Å². The molecule has 1 N–H and O–H groups in total. The second-order valence-corrected chi connectivity index (χ2v) is 4.10. The summed E-state index contributed by atoms with van der Waals surface area (Å²) in [5, 5.41) is 10.1. The van der Waals surface area contributed by atoms with Gasteiger partial charge in [-0.2, -0.15) is 0 Å². The fourth-order valence-corrected chi connectivity index (χ4v) is 1.79. The molecule has 1 heterocycles. The predicted octanol–water partition coefficient (Wildman–Crippen LogP) is 2.07. The van der Waals surface area contributed by atoms with Gasteiger partial charge in [0.1, 0.15) is 17.7 Å². The van der Waals surface area contributed by atoms with Gasteiger partial charge in [-0.05, 0) is 30.7 Å². The van der Waals surface area contributed by atoms with Crippen molar-refractivity contribution in [2.45, 2.75) is 19.4 Å². The summed E-state index contributed by atoms with van der Waals surface area (Å²) in [7, 11) is 1.63. The van der Waals surface area contributed by atoms with Crippen LogP contribution in [0.3, 0.4) is 0 Å². The molecule has 0 aliphatic rings. The zero-order chi connectivity index (χ0) is 13.0. The van der Waals surface area contributed by atoms with Crippen molar-refractivity contribution in [1.82, 2.24) is 9.97 Å². The van der Waals surface area contributed by atoms with Crippen LogP contribution in [-0.4, -0.2) is 22.2 Å². The lowest BCUT2D eigenvalue weighted by atomic mass is 10.1. The molecule has 0 spiro atoms. The number of ether oxygens (including phenoxy) is 1. The van der Waals surface area contributed by atoms with Crippen LogP contribution >= 0.6 is 0 Å². The van der Waals surface area contributed by atoms with Gasteiger partial charge in [0.15, 0.2) is 0 Å². The van der Waals surface area contributed by atoms with Crippen LogP contribution in [0.1, 0.15) is 23.2 Å². The third-order valence-electron chi connectivity index (χ3n) is 2.70. The first-order valence-electron chi connectivity index (χ1n) is 5.79. The summed E-state index contributed by atoms with van der Waals surface area (Å²) in [4.78, 5) is 8.23. The average Bonchev–Trinajstić information content (AvgIpc) is 2.39. The third-order valence-corrected chi connectivity index (χ3v) is 2.70. The van der Waals surface area contributed by atoms with Gasteiger partial charge in [-0.15, -0.1) is 0 Å². The van der Waals surface area contributed by atoms with E-state index in [4.69, 9.17) is 4.74 Å². The number of nitrogens with zero attached hydrogens (tertiary/aromatic N) is 2. The second kappa shape index (κ2) is 5.60. The Hall–Kier alpha value is -1.94. The number of aliphatic hydroxyl groups is 1. The van der Waals surface area contributed by atoms with Crippen LogP contribution in [0, 0.1) is 6.92 Å². The van der Waals surface area contributed by atoms with Crippen molar-refractivity contribution in [3.63, 3.8) is 0 Å². The maximum absolute atomic E-state index is 10.1. The van der Waals surface area contributed by atoms with E-state index in [-0.39, 0.29) is 0 Å². The van der Waals surface area contributed by atoms with Gasteiger partial charge >= 0.3 is 0 Å². The number of aromatic nitrogens is 2. The Bertz CT molecular complexity index is 529. The molecule has 94 valence electrons. The number of hydrogen-bond acceptors (Lipinski definition) is 4. The molecule has 2 aromatic rings. The SMILES string of the molecule is COc1cccc(CC(O)c2ccnc(C)n2)c1. The first kappa shape index (κ1) is 12.5. The van der Waals surface area contributed by atoms with E-state index in [1.165, 1.54) is 0 Å². The number of aliphatic hydroxyl groups excluding tert-OH is 1. The third kappa shape index (κ3) is 3.05. The van der Waals surface area contributed by atoms with Gasteiger partial charge in [0.05, 0.1) is 12.8 Å². The van der Waals surface area contributed by atoms with E-state index in [2.05, 4.69) is 9.97 Å². The van der Waals surface area contributed by atoms with Crippen molar-refractivity contribution in [3.05, 3.63) is 53.6 Å². The summed E-state index contributed by atoms with van der Waals surface area (Å²) in [5.41, 5.74) is 1.66. The molecule has 0 aliphatic heterocycles. The van der Waals surface area contributed by atoms with Crippen molar-refractivity contribution >= 4 is 0 Å². The minimum atomic E-state index is -0.626. The average molecular weight is 244 g/mol. The van der Waals surface area contributed by atoms with Crippen molar-refractivity contribution in [3.8, 4) is 5.75 Å². The molecule has 18 heavy (non-hydrogen) atoms. The monoisotopic (exact) mass is 244 g/mol. The van der Waals surface area contributed by atoms with Gasteiger partial charge in [-0.1, -0.05) is 12.1 Å². The zero-order valence-electron chi connectivity index (χ0n) is 10.5. The number of methoxy groups -OCH3 is 1. The molecule has 0 bridgehead atoms. The molecule has 0 amide bonds. The highest BCUT2D eigenvalue weighted by atomic mass is 16.5. The lowest BCUT2D eigenvalue weighted by Gasteiger charge is -2.11. The van der Waals surface area contributed by atoms with Crippen molar-refractivity contribution in [1.29, 1.82) is 0 Å². The van der Waals surface area contributed by atoms with Crippen molar-refractivity contribution in [2.75, 3.05) is 7.11 Å². The fraction of sp³-hybridized carbons (Fsp3) is 0.286.